The molecule has 1 atom stereocenters. The molecule has 0 aromatic heterocycles. The molecule has 18 heavy (non-hydrogen) atoms. The van der Waals surface area contributed by atoms with E-state index < -0.39 is 0 Å². The van der Waals surface area contributed by atoms with Gasteiger partial charge in [-0.15, -0.1) is 0 Å². The van der Waals surface area contributed by atoms with E-state index >= 15 is 0 Å². The van der Waals surface area contributed by atoms with Gasteiger partial charge in [-0.3, -0.25) is 0 Å². The molecule has 0 saturated heterocycles. The highest BCUT2D eigenvalue weighted by atomic mass is 19.1. The van der Waals surface area contributed by atoms with Crippen LogP contribution in [0, 0.1) is 12.7 Å². The summed E-state index contributed by atoms with van der Waals surface area (Å²) in [7, 11) is 0. The summed E-state index contributed by atoms with van der Waals surface area (Å²) in [6.45, 7) is 8.51. The van der Waals surface area contributed by atoms with E-state index in [2.05, 4.69) is 12.2 Å². The van der Waals surface area contributed by atoms with Crippen LogP contribution in [0.1, 0.15) is 43.9 Å². The molecule has 0 spiro atoms. The van der Waals surface area contributed by atoms with E-state index in [9.17, 15) is 4.39 Å². The molecular formula is C15H24FNO. The summed E-state index contributed by atoms with van der Waals surface area (Å²) >= 11 is 0. The summed E-state index contributed by atoms with van der Waals surface area (Å²) in [4.78, 5) is 0. The molecule has 1 N–H and O–H groups in total. The van der Waals surface area contributed by atoms with Gasteiger partial charge in [0.2, 0.25) is 0 Å². The molecule has 0 heterocycles. The fraction of sp³-hybridized carbons (Fsp3) is 0.600. The lowest BCUT2D eigenvalue weighted by Crippen LogP contribution is -2.22. The molecule has 0 bridgehead atoms. The van der Waals surface area contributed by atoms with Crippen molar-refractivity contribution in [3.05, 3.63) is 35.1 Å². The van der Waals surface area contributed by atoms with Crippen LogP contribution < -0.4 is 5.32 Å². The Kier molecular flexibility index (Phi) is 6.91. The Morgan fingerprint density at radius 1 is 1.33 bits per heavy atom. The maximum atomic E-state index is 13.3. The van der Waals surface area contributed by atoms with E-state index in [0.29, 0.717) is 0 Å². The van der Waals surface area contributed by atoms with Gasteiger partial charge in [0.25, 0.3) is 0 Å². The van der Waals surface area contributed by atoms with Gasteiger partial charge in [-0.1, -0.05) is 13.0 Å². The number of nitrogens with one attached hydrogen (secondary N) is 1. The average molecular weight is 253 g/mol. The summed E-state index contributed by atoms with van der Waals surface area (Å²) in [5.74, 6) is -0.164. The number of hydrogen-bond donors (Lipinski definition) is 1. The van der Waals surface area contributed by atoms with Crippen molar-refractivity contribution < 1.29 is 9.13 Å². The maximum Gasteiger partial charge on any atom is 0.123 e. The molecule has 0 saturated carbocycles. The summed E-state index contributed by atoms with van der Waals surface area (Å²) in [6, 6.07) is 5.22. The third-order valence-corrected chi connectivity index (χ3v) is 3.05. The molecule has 0 aliphatic heterocycles. The van der Waals surface area contributed by atoms with Gasteiger partial charge < -0.3 is 10.1 Å². The molecule has 0 aliphatic carbocycles. The molecule has 1 rings (SSSR count). The molecule has 0 radical (unpaired) electrons. The first kappa shape index (κ1) is 15.1. The summed E-state index contributed by atoms with van der Waals surface area (Å²) < 4.78 is 18.7. The number of rotatable bonds is 8. The van der Waals surface area contributed by atoms with Gasteiger partial charge in [-0.25, -0.2) is 4.39 Å². The van der Waals surface area contributed by atoms with Crippen molar-refractivity contribution in [1.29, 1.82) is 0 Å². The Morgan fingerprint density at radius 3 is 2.78 bits per heavy atom. The number of benzene rings is 1. The topological polar surface area (TPSA) is 21.3 Å². The van der Waals surface area contributed by atoms with Crippen molar-refractivity contribution in [3.8, 4) is 0 Å². The van der Waals surface area contributed by atoms with E-state index in [4.69, 9.17) is 4.74 Å². The largest absolute Gasteiger partial charge is 0.382 e. The van der Waals surface area contributed by atoms with Gasteiger partial charge in [-0.2, -0.15) is 0 Å². The minimum Gasteiger partial charge on any atom is -0.382 e. The Balaban J connectivity index is 2.67. The van der Waals surface area contributed by atoms with E-state index in [1.54, 1.807) is 6.07 Å². The van der Waals surface area contributed by atoms with Gasteiger partial charge >= 0.3 is 0 Å². The van der Waals surface area contributed by atoms with Gasteiger partial charge in [0.05, 0.1) is 0 Å². The van der Waals surface area contributed by atoms with Gasteiger partial charge in [0.15, 0.2) is 0 Å². The molecule has 0 aliphatic rings. The molecule has 102 valence electrons. The number of hydrogen-bond acceptors (Lipinski definition) is 2. The van der Waals surface area contributed by atoms with E-state index in [-0.39, 0.29) is 11.9 Å². The van der Waals surface area contributed by atoms with Crippen molar-refractivity contribution in [2.24, 2.45) is 0 Å². The monoisotopic (exact) mass is 253 g/mol. The van der Waals surface area contributed by atoms with Crippen LogP contribution in [0.3, 0.4) is 0 Å². The van der Waals surface area contributed by atoms with Crippen LogP contribution in [0.5, 0.6) is 0 Å². The standard InChI is InChI=1S/C15H24FNO/c1-4-17-15(7-6-10-18-5-2)14-11-13(16)9-8-12(14)3/h8-9,11,15,17H,4-7,10H2,1-3H3. The lowest BCUT2D eigenvalue weighted by atomic mass is 9.97. The van der Waals surface area contributed by atoms with E-state index in [1.165, 1.54) is 6.07 Å². The Bertz CT molecular complexity index is 354. The Morgan fingerprint density at radius 2 is 2.11 bits per heavy atom. The number of halogens is 1. The zero-order valence-corrected chi connectivity index (χ0v) is 11.6. The molecule has 3 heteroatoms. The fourth-order valence-corrected chi connectivity index (χ4v) is 2.13. The van der Waals surface area contributed by atoms with Crippen molar-refractivity contribution in [2.45, 2.75) is 39.7 Å². The predicted molar refractivity (Wildman–Crippen MR) is 73.3 cm³/mol. The maximum absolute atomic E-state index is 13.3. The van der Waals surface area contributed by atoms with Crippen LogP contribution in [0.2, 0.25) is 0 Å². The average Bonchev–Trinajstić information content (AvgIpc) is 2.36. The van der Waals surface area contributed by atoms with Crippen molar-refractivity contribution in [3.63, 3.8) is 0 Å². The smallest absolute Gasteiger partial charge is 0.123 e. The summed E-state index contributed by atoms with van der Waals surface area (Å²) in [5.41, 5.74) is 2.20. The van der Waals surface area contributed by atoms with Gasteiger partial charge in [-0.05, 0) is 56.5 Å². The van der Waals surface area contributed by atoms with E-state index in [0.717, 1.165) is 43.7 Å². The van der Waals surface area contributed by atoms with Gasteiger partial charge in [0, 0.05) is 19.3 Å². The molecule has 0 fully saturated rings. The van der Waals surface area contributed by atoms with Crippen LogP contribution in [0.25, 0.3) is 0 Å². The number of aryl methyl sites for hydroxylation is 1. The molecule has 1 unspecified atom stereocenters. The highest BCUT2D eigenvalue weighted by molar-refractivity contribution is 5.29. The minimum atomic E-state index is -0.164. The van der Waals surface area contributed by atoms with Crippen molar-refractivity contribution in [1.82, 2.24) is 5.32 Å². The highest BCUT2D eigenvalue weighted by Gasteiger charge is 2.13. The lowest BCUT2D eigenvalue weighted by molar-refractivity contribution is 0.141. The Labute approximate surface area is 110 Å². The second kappa shape index (κ2) is 8.22. The minimum absolute atomic E-state index is 0.164. The summed E-state index contributed by atoms with van der Waals surface area (Å²) in [6.07, 6.45) is 1.96. The van der Waals surface area contributed by atoms with Crippen LogP contribution in [-0.4, -0.2) is 19.8 Å². The first-order valence-electron chi connectivity index (χ1n) is 6.76. The quantitative estimate of drug-likeness (QED) is 0.715. The second-order valence-electron chi connectivity index (χ2n) is 4.45. The normalized spacial score (nSPS) is 12.7. The third-order valence-electron chi connectivity index (χ3n) is 3.05. The number of ether oxygens (including phenoxy) is 1. The van der Waals surface area contributed by atoms with Crippen LogP contribution in [0.15, 0.2) is 18.2 Å². The third kappa shape index (κ3) is 4.75. The molecule has 2 nitrogen and oxygen atoms in total. The Hall–Kier alpha value is -0.930. The van der Waals surface area contributed by atoms with E-state index in [1.807, 2.05) is 19.9 Å². The fourth-order valence-electron chi connectivity index (χ4n) is 2.13. The predicted octanol–water partition coefficient (Wildman–Crippen LogP) is 3.60. The lowest BCUT2D eigenvalue weighted by Gasteiger charge is -2.20. The van der Waals surface area contributed by atoms with Crippen molar-refractivity contribution >= 4 is 0 Å². The van der Waals surface area contributed by atoms with Crippen molar-refractivity contribution in [2.75, 3.05) is 19.8 Å². The molecule has 1 aromatic rings. The molecule has 0 amide bonds. The zero-order valence-electron chi connectivity index (χ0n) is 11.6. The van der Waals surface area contributed by atoms with Gasteiger partial charge in [0.1, 0.15) is 5.82 Å². The van der Waals surface area contributed by atoms with Crippen LogP contribution >= 0.6 is 0 Å². The first-order chi connectivity index (χ1) is 8.69. The zero-order chi connectivity index (χ0) is 13.4. The summed E-state index contributed by atoms with van der Waals surface area (Å²) in [5, 5.41) is 3.42. The molecule has 1 aromatic carbocycles. The molecular weight excluding hydrogens is 229 g/mol. The second-order valence-corrected chi connectivity index (χ2v) is 4.45. The van der Waals surface area contributed by atoms with Crippen LogP contribution in [0.4, 0.5) is 4.39 Å². The highest BCUT2D eigenvalue weighted by Crippen LogP contribution is 2.23. The van der Waals surface area contributed by atoms with Crippen LogP contribution in [-0.2, 0) is 4.74 Å². The first-order valence-corrected chi connectivity index (χ1v) is 6.76. The SMILES string of the molecule is CCNC(CCCOCC)c1cc(F)ccc1C.